The lowest BCUT2D eigenvalue weighted by atomic mass is 10.0. The van der Waals surface area contributed by atoms with Crippen molar-refractivity contribution in [3.8, 4) is 5.75 Å². The quantitative estimate of drug-likeness (QED) is 0.664. The Labute approximate surface area is 116 Å². The molecular weight excluding hydrogens is 262 g/mol. The second kappa shape index (κ2) is 5.09. The first-order valence-electron chi connectivity index (χ1n) is 6.36. The highest BCUT2D eigenvalue weighted by atomic mass is 16.6. The Hall–Kier alpha value is -2.15. The van der Waals surface area contributed by atoms with Gasteiger partial charge >= 0.3 is 0 Å². The van der Waals surface area contributed by atoms with Gasteiger partial charge in [0.1, 0.15) is 0 Å². The predicted molar refractivity (Wildman–Crippen MR) is 73.8 cm³/mol. The number of benzene rings is 1. The summed E-state index contributed by atoms with van der Waals surface area (Å²) in [6, 6.07) is 4.25. The van der Waals surface area contributed by atoms with Gasteiger partial charge in [-0.05, 0) is 32.9 Å². The van der Waals surface area contributed by atoms with Crippen LogP contribution in [0.4, 0.5) is 11.4 Å². The number of hydrogen-bond donors (Lipinski definition) is 1. The summed E-state index contributed by atoms with van der Waals surface area (Å²) in [5, 5.41) is 10.8. The molecule has 0 unspecified atom stereocenters. The first-order chi connectivity index (χ1) is 9.36. The zero-order valence-corrected chi connectivity index (χ0v) is 11.5. The summed E-state index contributed by atoms with van der Waals surface area (Å²) < 4.78 is 5.61. The number of hydrogen-bond acceptors (Lipinski definition) is 5. The third-order valence-electron chi connectivity index (χ3n) is 3.16. The second-order valence-electron chi connectivity index (χ2n) is 5.12. The molecule has 1 aromatic carbocycles. The fourth-order valence-electron chi connectivity index (χ4n) is 2.15. The summed E-state index contributed by atoms with van der Waals surface area (Å²) in [7, 11) is 0. The smallest absolute Gasteiger partial charge is 0.273 e. The average Bonchev–Trinajstić information content (AvgIpc) is 2.38. The first kappa shape index (κ1) is 14.3. The van der Waals surface area contributed by atoms with E-state index in [2.05, 4.69) is 0 Å². The van der Waals surface area contributed by atoms with Gasteiger partial charge in [-0.15, -0.1) is 0 Å². The summed E-state index contributed by atoms with van der Waals surface area (Å²) in [5.74, 6) is 0.174. The summed E-state index contributed by atoms with van der Waals surface area (Å²) in [5.41, 5.74) is 4.93. The van der Waals surface area contributed by atoms with E-state index in [4.69, 9.17) is 10.5 Å². The maximum absolute atomic E-state index is 12.4. The molecule has 0 aromatic heterocycles. The van der Waals surface area contributed by atoms with Crippen LogP contribution in [0.3, 0.4) is 0 Å². The fourth-order valence-corrected chi connectivity index (χ4v) is 2.15. The SMILES string of the molecule is CC1(C)Oc2cc([N+](=O)[O-])ccc2N(CCCN)C1=O. The normalized spacial score (nSPS) is 16.6. The van der Waals surface area contributed by atoms with Crippen molar-refractivity contribution in [2.45, 2.75) is 25.9 Å². The van der Waals surface area contributed by atoms with Gasteiger partial charge in [-0.1, -0.05) is 0 Å². The molecule has 0 saturated carbocycles. The molecule has 0 fully saturated rings. The van der Waals surface area contributed by atoms with Crippen molar-refractivity contribution in [3.05, 3.63) is 28.3 Å². The lowest BCUT2D eigenvalue weighted by molar-refractivity contribution is -0.385. The maximum Gasteiger partial charge on any atom is 0.273 e. The third kappa shape index (κ3) is 2.44. The lowest BCUT2D eigenvalue weighted by Gasteiger charge is -2.38. The van der Waals surface area contributed by atoms with Crippen molar-refractivity contribution in [1.82, 2.24) is 0 Å². The zero-order chi connectivity index (χ0) is 14.9. The molecule has 0 radical (unpaired) electrons. The number of amides is 1. The van der Waals surface area contributed by atoms with Crippen molar-refractivity contribution in [2.75, 3.05) is 18.0 Å². The number of ether oxygens (including phenoxy) is 1. The van der Waals surface area contributed by atoms with Crippen LogP contribution in [0.25, 0.3) is 0 Å². The van der Waals surface area contributed by atoms with E-state index in [1.165, 1.54) is 18.2 Å². The van der Waals surface area contributed by atoms with Gasteiger partial charge in [0.15, 0.2) is 11.4 Å². The van der Waals surface area contributed by atoms with Crippen LogP contribution < -0.4 is 15.4 Å². The second-order valence-corrected chi connectivity index (χ2v) is 5.12. The molecule has 7 heteroatoms. The molecule has 1 heterocycles. The van der Waals surface area contributed by atoms with Crippen LogP contribution in [0.2, 0.25) is 0 Å². The number of nitro benzene ring substituents is 1. The van der Waals surface area contributed by atoms with Crippen LogP contribution >= 0.6 is 0 Å². The molecular formula is C13H17N3O4. The van der Waals surface area contributed by atoms with Crippen LogP contribution in [0, 0.1) is 10.1 Å². The Morgan fingerprint density at radius 2 is 2.15 bits per heavy atom. The van der Waals surface area contributed by atoms with Crippen molar-refractivity contribution in [2.24, 2.45) is 5.73 Å². The van der Waals surface area contributed by atoms with Gasteiger partial charge in [-0.3, -0.25) is 14.9 Å². The highest BCUT2D eigenvalue weighted by Crippen LogP contribution is 2.39. The molecule has 1 aliphatic heterocycles. The maximum atomic E-state index is 12.4. The molecule has 1 amide bonds. The van der Waals surface area contributed by atoms with E-state index in [0.717, 1.165) is 0 Å². The number of nitro groups is 1. The Bertz CT molecular complexity index is 557. The monoisotopic (exact) mass is 279 g/mol. The molecule has 0 spiro atoms. The predicted octanol–water partition coefficient (Wildman–Crippen LogP) is 1.45. The number of carbonyl (C=O) groups is 1. The molecule has 0 aliphatic carbocycles. The van der Waals surface area contributed by atoms with E-state index >= 15 is 0 Å². The van der Waals surface area contributed by atoms with E-state index in [0.29, 0.717) is 30.9 Å². The number of nitrogens with two attached hydrogens (primary N) is 1. The number of rotatable bonds is 4. The topological polar surface area (TPSA) is 98.7 Å². The van der Waals surface area contributed by atoms with Crippen molar-refractivity contribution in [1.29, 1.82) is 0 Å². The molecule has 0 atom stereocenters. The molecule has 2 N–H and O–H groups in total. The minimum absolute atomic E-state index is 0.0623. The van der Waals surface area contributed by atoms with Crippen molar-refractivity contribution < 1.29 is 14.5 Å². The van der Waals surface area contributed by atoms with E-state index in [9.17, 15) is 14.9 Å². The van der Waals surface area contributed by atoms with E-state index < -0.39 is 10.5 Å². The molecule has 2 rings (SSSR count). The van der Waals surface area contributed by atoms with Crippen LogP contribution in [0.15, 0.2) is 18.2 Å². The fraction of sp³-hybridized carbons (Fsp3) is 0.462. The minimum Gasteiger partial charge on any atom is -0.476 e. The number of non-ortho nitro benzene ring substituents is 1. The Balaban J connectivity index is 2.45. The van der Waals surface area contributed by atoms with Crippen LogP contribution in [-0.2, 0) is 4.79 Å². The molecule has 108 valence electrons. The standard InChI is InChI=1S/C13H17N3O4/c1-13(2)12(17)15(7-3-6-14)10-5-4-9(16(18)19)8-11(10)20-13/h4-5,8H,3,6-7,14H2,1-2H3. The number of nitrogens with zero attached hydrogens (tertiary/aromatic N) is 2. The van der Waals surface area contributed by atoms with Gasteiger partial charge in [0.2, 0.25) is 0 Å². The first-order valence-corrected chi connectivity index (χ1v) is 6.36. The minimum atomic E-state index is -1.04. The number of fused-ring (bicyclic) bond motifs is 1. The highest BCUT2D eigenvalue weighted by Gasteiger charge is 2.41. The van der Waals surface area contributed by atoms with E-state index in [-0.39, 0.29) is 11.6 Å². The third-order valence-corrected chi connectivity index (χ3v) is 3.16. The van der Waals surface area contributed by atoms with Gasteiger partial charge in [0.05, 0.1) is 16.7 Å². The number of anilines is 1. The van der Waals surface area contributed by atoms with E-state index in [1.807, 2.05) is 0 Å². The number of carbonyl (C=O) groups excluding carboxylic acids is 1. The van der Waals surface area contributed by atoms with Crippen molar-refractivity contribution in [3.63, 3.8) is 0 Å². The van der Waals surface area contributed by atoms with Gasteiger partial charge in [-0.25, -0.2) is 0 Å². The van der Waals surface area contributed by atoms with Crippen LogP contribution in [0.1, 0.15) is 20.3 Å². The Morgan fingerprint density at radius 3 is 2.75 bits per heavy atom. The highest BCUT2D eigenvalue weighted by molar-refractivity contribution is 6.02. The molecule has 1 aliphatic rings. The van der Waals surface area contributed by atoms with Gasteiger partial charge in [0, 0.05) is 12.6 Å². The Kier molecular flexibility index (Phi) is 3.63. The summed E-state index contributed by atoms with van der Waals surface area (Å²) >= 11 is 0. The lowest BCUT2D eigenvalue weighted by Crippen LogP contribution is -2.53. The molecule has 0 saturated heterocycles. The average molecular weight is 279 g/mol. The molecule has 20 heavy (non-hydrogen) atoms. The molecule has 1 aromatic rings. The van der Waals surface area contributed by atoms with Crippen molar-refractivity contribution >= 4 is 17.3 Å². The summed E-state index contributed by atoms with van der Waals surface area (Å²) in [6.45, 7) is 4.22. The molecule has 7 nitrogen and oxygen atoms in total. The largest absolute Gasteiger partial charge is 0.476 e. The van der Waals surface area contributed by atoms with Crippen LogP contribution in [0.5, 0.6) is 5.75 Å². The Morgan fingerprint density at radius 1 is 1.45 bits per heavy atom. The van der Waals surface area contributed by atoms with E-state index in [1.54, 1.807) is 18.7 Å². The van der Waals surface area contributed by atoms with Gasteiger partial charge in [-0.2, -0.15) is 0 Å². The van der Waals surface area contributed by atoms with Gasteiger partial charge < -0.3 is 15.4 Å². The zero-order valence-electron chi connectivity index (χ0n) is 11.5. The summed E-state index contributed by atoms with van der Waals surface area (Å²) in [4.78, 5) is 24.3. The summed E-state index contributed by atoms with van der Waals surface area (Å²) in [6.07, 6.45) is 0.651. The molecule has 0 bridgehead atoms. The van der Waals surface area contributed by atoms with Gasteiger partial charge in [0.25, 0.3) is 11.6 Å². The van der Waals surface area contributed by atoms with Crippen LogP contribution in [-0.4, -0.2) is 29.5 Å².